The molecule has 2 saturated heterocycles. The number of carbonyl (C=O) groups is 2. The number of hydrogen-bond acceptors (Lipinski definition) is 4. The van der Waals surface area contributed by atoms with Crippen LogP contribution in [-0.4, -0.2) is 59.9 Å². The molecule has 0 aromatic heterocycles. The Kier molecular flexibility index (Phi) is 5.92. The van der Waals surface area contributed by atoms with Crippen LogP contribution in [0.15, 0.2) is 54.6 Å². The lowest BCUT2D eigenvalue weighted by Gasteiger charge is -2.45. The fraction of sp³-hybridized carbons (Fsp3) is 0.391. The molecule has 2 aliphatic heterocycles. The van der Waals surface area contributed by atoms with Crippen molar-refractivity contribution in [1.29, 1.82) is 0 Å². The monoisotopic (exact) mass is 393 g/mol. The topological polar surface area (TPSA) is 61.9 Å². The number of amides is 2. The second-order valence-corrected chi connectivity index (χ2v) is 7.77. The standard InChI is InChI=1S/C23H27N3O3/c1-17-7-5-6-10-19(17)13-25-11-12-26-21(14-25)22(27)24-20(23(26)28)16-29-15-18-8-3-2-4-9-18/h2-10,20-21H,11-16H2,1H3,(H,24,27)/t20-,21+/m0/s1. The lowest BCUT2D eigenvalue weighted by Crippen LogP contribution is -2.69. The van der Waals surface area contributed by atoms with Gasteiger partial charge in [-0.15, -0.1) is 0 Å². The SMILES string of the molecule is Cc1ccccc1CN1CCN2C(=O)[C@H](COCc3ccccc3)NC(=O)[C@H]2C1. The van der Waals surface area contributed by atoms with Crippen LogP contribution in [0.5, 0.6) is 0 Å². The summed E-state index contributed by atoms with van der Waals surface area (Å²) in [6.07, 6.45) is 0. The summed E-state index contributed by atoms with van der Waals surface area (Å²) in [5, 5.41) is 2.87. The zero-order valence-corrected chi connectivity index (χ0v) is 16.7. The molecule has 4 rings (SSSR count). The summed E-state index contributed by atoms with van der Waals surface area (Å²) in [6, 6.07) is 17.1. The van der Waals surface area contributed by atoms with Gasteiger partial charge in [0.2, 0.25) is 11.8 Å². The van der Waals surface area contributed by atoms with Crippen molar-refractivity contribution in [3.8, 4) is 0 Å². The first-order valence-corrected chi connectivity index (χ1v) is 10.1. The van der Waals surface area contributed by atoms with Crippen LogP contribution in [0.1, 0.15) is 16.7 Å². The van der Waals surface area contributed by atoms with Gasteiger partial charge in [-0.05, 0) is 23.6 Å². The Balaban J connectivity index is 1.33. The Bertz CT molecular complexity index is 871. The third kappa shape index (κ3) is 4.49. The van der Waals surface area contributed by atoms with E-state index in [9.17, 15) is 9.59 Å². The molecule has 2 fully saturated rings. The molecule has 2 amide bonds. The van der Waals surface area contributed by atoms with Crippen LogP contribution in [-0.2, 0) is 27.5 Å². The Morgan fingerprint density at radius 3 is 2.59 bits per heavy atom. The molecule has 0 radical (unpaired) electrons. The average Bonchev–Trinajstić information content (AvgIpc) is 2.74. The molecule has 0 bridgehead atoms. The third-order valence-corrected chi connectivity index (χ3v) is 5.72. The van der Waals surface area contributed by atoms with Crippen LogP contribution in [0.4, 0.5) is 0 Å². The van der Waals surface area contributed by atoms with Gasteiger partial charge < -0.3 is 15.0 Å². The average molecular weight is 393 g/mol. The zero-order chi connectivity index (χ0) is 20.2. The minimum absolute atomic E-state index is 0.0433. The minimum atomic E-state index is -0.606. The molecular formula is C23H27N3O3. The Morgan fingerprint density at radius 1 is 1.03 bits per heavy atom. The van der Waals surface area contributed by atoms with E-state index in [0.717, 1.165) is 18.7 Å². The number of carbonyl (C=O) groups excluding carboxylic acids is 2. The van der Waals surface area contributed by atoms with Crippen LogP contribution < -0.4 is 5.32 Å². The molecule has 2 aromatic carbocycles. The van der Waals surface area contributed by atoms with Gasteiger partial charge in [-0.3, -0.25) is 14.5 Å². The van der Waals surface area contributed by atoms with E-state index in [1.807, 2.05) is 42.5 Å². The highest BCUT2D eigenvalue weighted by atomic mass is 16.5. The van der Waals surface area contributed by atoms with Crippen LogP contribution in [0.25, 0.3) is 0 Å². The molecule has 1 N–H and O–H groups in total. The quantitative estimate of drug-likeness (QED) is 0.812. The molecule has 0 spiro atoms. The number of hydrogen-bond donors (Lipinski definition) is 1. The highest BCUT2D eigenvalue weighted by Crippen LogP contribution is 2.19. The summed E-state index contributed by atoms with van der Waals surface area (Å²) in [4.78, 5) is 29.6. The Morgan fingerprint density at radius 2 is 1.79 bits per heavy atom. The molecule has 6 nitrogen and oxygen atoms in total. The van der Waals surface area contributed by atoms with Crippen molar-refractivity contribution in [2.45, 2.75) is 32.2 Å². The van der Waals surface area contributed by atoms with Crippen LogP contribution in [0.2, 0.25) is 0 Å². The number of aryl methyl sites for hydroxylation is 1. The number of nitrogens with one attached hydrogen (secondary N) is 1. The predicted molar refractivity (Wildman–Crippen MR) is 110 cm³/mol. The van der Waals surface area contributed by atoms with Gasteiger partial charge in [-0.25, -0.2) is 0 Å². The number of ether oxygens (including phenoxy) is 1. The first-order valence-electron chi connectivity index (χ1n) is 10.1. The lowest BCUT2D eigenvalue weighted by molar-refractivity contribution is -0.155. The van der Waals surface area contributed by atoms with E-state index in [-0.39, 0.29) is 18.4 Å². The van der Waals surface area contributed by atoms with Crippen molar-refractivity contribution in [3.63, 3.8) is 0 Å². The van der Waals surface area contributed by atoms with E-state index in [0.29, 0.717) is 19.7 Å². The number of nitrogens with zero attached hydrogens (tertiary/aromatic N) is 2. The van der Waals surface area contributed by atoms with Gasteiger partial charge in [-0.2, -0.15) is 0 Å². The zero-order valence-electron chi connectivity index (χ0n) is 16.7. The summed E-state index contributed by atoms with van der Waals surface area (Å²) < 4.78 is 5.70. The number of benzene rings is 2. The van der Waals surface area contributed by atoms with Crippen LogP contribution in [0.3, 0.4) is 0 Å². The van der Waals surface area contributed by atoms with E-state index < -0.39 is 12.1 Å². The van der Waals surface area contributed by atoms with Gasteiger partial charge in [0, 0.05) is 26.2 Å². The van der Waals surface area contributed by atoms with Gasteiger partial charge in [0.05, 0.1) is 13.2 Å². The fourth-order valence-electron chi connectivity index (χ4n) is 4.01. The molecule has 29 heavy (non-hydrogen) atoms. The summed E-state index contributed by atoms with van der Waals surface area (Å²) >= 11 is 0. The van der Waals surface area contributed by atoms with Crippen molar-refractivity contribution in [2.24, 2.45) is 0 Å². The lowest BCUT2D eigenvalue weighted by atomic mass is 10.0. The molecule has 6 heteroatoms. The maximum absolute atomic E-state index is 12.9. The summed E-state index contributed by atoms with van der Waals surface area (Å²) in [5.41, 5.74) is 3.55. The van der Waals surface area contributed by atoms with Crippen molar-refractivity contribution in [2.75, 3.05) is 26.2 Å². The molecular weight excluding hydrogens is 366 g/mol. The Labute approximate surface area is 171 Å². The van der Waals surface area contributed by atoms with Crippen molar-refractivity contribution < 1.29 is 14.3 Å². The molecule has 0 aliphatic carbocycles. The van der Waals surface area contributed by atoms with E-state index in [4.69, 9.17) is 4.74 Å². The van der Waals surface area contributed by atoms with Crippen molar-refractivity contribution in [1.82, 2.24) is 15.1 Å². The molecule has 0 unspecified atom stereocenters. The smallest absolute Gasteiger partial charge is 0.248 e. The normalized spacial score (nSPS) is 22.3. The Hall–Kier alpha value is -2.70. The van der Waals surface area contributed by atoms with Gasteiger partial charge in [0.15, 0.2) is 0 Å². The van der Waals surface area contributed by atoms with E-state index >= 15 is 0 Å². The largest absolute Gasteiger partial charge is 0.374 e. The summed E-state index contributed by atoms with van der Waals surface area (Å²) in [5.74, 6) is -0.134. The van der Waals surface area contributed by atoms with E-state index in [1.165, 1.54) is 11.1 Å². The van der Waals surface area contributed by atoms with Gasteiger partial charge in [0.25, 0.3) is 0 Å². The maximum atomic E-state index is 12.9. The van der Waals surface area contributed by atoms with E-state index in [2.05, 4.69) is 29.3 Å². The second-order valence-electron chi connectivity index (χ2n) is 7.77. The summed E-state index contributed by atoms with van der Waals surface area (Å²) in [6.45, 7) is 5.40. The number of rotatable bonds is 6. The molecule has 152 valence electrons. The second kappa shape index (κ2) is 8.76. The predicted octanol–water partition coefficient (Wildman–Crippen LogP) is 1.72. The first-order chi connectivity index (χ1) is 14.1. The molecule has 2 heterocycles. The van der Waals surface area contributed by atoms with Gasteiger partial charge >= 0.3 is 0 Å². The maximum Gasteiger partial charge on any atom is 0.248 e. The highest BCUT2D eigenvalue weighted by molar-refractivity contribution is 5.97. The third-order valence-electron chi connectivity index (χ3n) is 5.72. The van der Waals surface area contributed by atoms with Crippen LogP contribution in [0, 0.1) is 6.92 Å². The molecule has 2 atom stereocenters. The minimum Gasteiger partial charge on any atom is -0.374 e. The van der Waals surface area contributed by atoms with E-state index in [1.54, 1.807) is 4.90 Å². The van der Waals surface area contributed by atoms with Crippen molar-refractivity contribution >= 4 is 11.8 Å². The van der Waals surface area contributed by atoms with Gasteiger partial charge in [-0.1, -0.05) is 54.6 Å². The fourth-order valence-corrected chi connectivity index (χ4v) is 4.01. The number of fused-ring (bicyclic) bond motifs is 1. The first kappa shape index (κ1) is 19.6. The number of piperazine rings is 2. The molecule has 0 saturated carbocycles. The summed E-state index contributed by atoms with van der Waals surface area (Å²) in [7, 11) is 0. The van der Waals surface area contributed by atoms with Gasteiger partial charge in [0.1, 0.15) is 12.1 Å². The van der Waals surface area contributed by atoms with Crippen molar-refractivity contribution in [3.05, 3.63) is 71.3 Å². The molecule has 2 aliphatic rings. The van der Waals surface area contributed by atoms with Crippen LogP contribution >= 0.6 is 0 Å². The molecule has 2 aromatic rings. The highest BCUT2D eigenvalue weighted by Gasteiger charge is 2.43.